The molecule has 0 radical (unpaired) electrons. The number of piperidine rings is 1. The predicted octanol–water partition coefficient (Wildman–Crippen LogP) is 3.91. The third-order valence-corrected chi connectivity index (χ3v) is 6.38. The van der Waals surface area contributed by atoms with Gasteiger partial charge < -0.3 is 9.47 Å². The normalized spacial score (nSPS) is 16.4. The summed E-state index contributed by atoms with van der Waals surface area (Å²) < 4.78 is 15.0. The maximum Gasteiger partial charge on any atom is 0.124 e. The summed E-state index contributed by atoms with van der Waals surface area (Å²) in [6, 6.07) is 8.88. The minimum Gasteiger partial charge on any atom is -0.334 e. The van der Waals surface area contributed by atoms with E-state index in [4.69, 9.17) is 0 Å². The molecule has 6 heteroatoms. The van der Waals surface area contributed by atoms with Crippen molar-refractivity contribution in [2.75, 3.05) is 19.6 Å². The van der Waals surface area contributed by atoms with Crippen molar-refractivity contribution in [3.05, 3.63) is 54.2 Å². The Morgan fingerprint density at radius 2 is 1.88 bits per heavy atom. The second kappa shape index (κ2) is 7.76. The maximum absolute atomic E-state index is 13.0. The third kappa shape index (κ3) is 3.91. The van der Waals surface area contributed by atoms with E-state index in [0.29, 0.717) is 5.25 Å². The van der Waals surface area contributed by atoms with Crippen molar-refractivity contribution in [3.8, 4) is 0 Å². The van der Waals surface area contributed by atoms with Gasteiger partial charge in [0.15, 0.2) is 0 Å². The van der Waals surface area contributed by atoms with Gasteiger partial charge in [-0.3, -0.25) is 0 Å². The second-order valence-corrected chi connectivity index (χ2v) is 8.16. The van der Waals surface area contributed by atoms with E-state index in [9.17, 15) is 4.39 Å². The Morgan fingerprint density at radius 1 is 1.12 bits per heavy atom. The van der Waals surface area contributed by atoms with Crippen LogP contribution in [0.25, 0.3) is 11.0 Å². The van der Waals surface area contributed by atoms with Crippen LogP contribution in [0.2, 0.25) is 0 Å². The Bertz CT molecular complexity index is 869. The largest absolute Gasteiger partial charge is 0.334 e. The average Bonchev–Trinajstić information content (AvgIpc) is 3.05. The SMILES string of the molecule is Cn1cnc2c(SC3CCN(CCc4ccc(F)cc4)CC3)nccc21. The summed E-state index contributed by atoms with van der Waals surface area (Å²) in [5, 5.41) is 1.64. The van der Waals surface area contributed by atoms with Gasteiger partial charge in [0.05, 0.1) is 11.8 Å². The number of hydrogen-bond acceptors (Lipinski definition) is 4. The van der Waals surface area contributed by atoms with Gasteiger partial charge in [-0.2, -0.15) is 0 Å². The van der Waals surface area contributed by atoms with Gasteiger partial charge in [0.2, 0.25) is 0 Å². The van der Waals surface area contributed by atoms with Crippen LogP contribution in [0.15, 0.2) is 47.9 Å². The number of imidazole rings is 1. The molecule has 1 saturated heterocycles. The first-order chi connectivity index (χ1) is 12.7. The van der Waals surface area contributed by atoms with Crippen molar-refractivity contribution < 1.29 is 4.39 Å². The number of likely N-dealkylation sites (tertiary alicyclic amines) is 1. The van der Waals surface area contributed by atoms with E-state index in [1.54, 1.807) is 12.1 Å². The minimum atomic E-state index is -0.164. The second-order valence-electron chi connectivity index (χ2n) is 6.87. The number of nitrogens with zero attached hydrogens (tertiary/aromatic N) is 4. The molecule has 136 valence electrons. The Hall–Kier alpha value is -1.92. The van der Waals surface area contributed by atoms with Crippen LogP contribution in [0.3, 0.4) is 0 Å². The third-order valence-electron chi connectivity index (χ3n) is 5.05. The maximum atomic E-state index is 13.0. The van der Waals surface area contributed by atoms with E-state index in [0.717, 1.165) is 42.1 Å². The lowest BCUT2D eigenvalue weighted by Gasteiger charge is -2.31. The Balaban J connectivity index is 1.30. The number of fused-ring (bicyclic) bond motifs is 1. The van der Waals surface area contributed by atoms with E-state index in [1.807, 2.05) is 54.1 Å². The summed E-state index contributed by atoms with van der Waals surface area (Å²) in [7, 11) is 2.02. The molecule has 1 aromatic carbocycles. The fourth-order valence-corrected chi connectivity index (χ4v) is 4.62. The van der Waals surface area contributed by atoms with Crippen LogP contribution in [0.1, 0.15) is 18.4 Å². The molecule has 0 aliphatic carbocycles. The van der Waals surface area contributed by atoms with Gasteiger partial charge in [-0.15, -0.1) is 11.8 Å². The number of pyridine rings is 1. The van der Waals surface area contributed by atoms with Gasteiger partial charge in [-0.05, 0) is 56.1 Å². The Kier molecular flexibility index (Phi) is 5.22. The molecule has 0 N–H and O–H groups in total. The van der Waals surface area contributed by atoms with Gasteiger partial charge in [0, 0.05) is 25.0 Å². The molecule has 1 aliphatic rings. The summed E-state index contributed by atoms with van der Waals surface area (Å²) in [6.07, 6.45) is 7.05. The molecule has 0 spiro atoms. The van der Waals surface area contributed by atoms with Gasteiger partial charge >= 0.3 is 0 Å². The number of rotatable bonds is 5. The topological polar surface area (TPSA) is 34.0 Å². The number of hydrogen-bond donors (Lipinski definition) is 0. The minimum absolute atomic E-state index is 0.164. The lowest BCUT2D eigenvalue weighted by Crippen LogP contribution is -2.36. The Morgan fingerprint density at radius 3 is 2.65 bits per heavy atom. The van der Waals surface area contributed by atoms with Gasteiger partial charge in [-0.25, -0.2) is 14.4 Å². The lowest BCUT2D eigenvalue weighted by molar-refractivity contribution is 0.235. The lowest BCUT2D eigenvalue weighted by atomic mass is 10.1. The first-order valence-corrected chi connectivity index (χ1v) is 9.96. The average molecular weight is 370 g/mol. The van der Waals surface area contributed by atoms with Crippen molar-refractivity contribution in [1.82, 2.24) is 19.4 Å². The van der Waals surface area contributed by atoms with Crippen molar-refractivity contribution >= 4 is 22.8 Å². The molecule has 4 nitrogen and oxygen atoms in total. The van der Waals surface area contributed by atoms with Crippen LogP contribution in [0.4, 0.5) is 4.39 Å². The number of halogens is 1. The van der Waals surface area contributed by atoms with Crippen molar-refractivity contribution in [2.45, 2.75) is 29.5 Å². The number of aryl methyl sites for hydroxylation is 1. The van der Waals surface area contributed by atoms with Crippen LogP contribution >= 0.6 is 11.8 Å². The highest BCUT2D eigenvalue weighted by Crippen LogP contribution is 2.32. The van der Waals surface area contributed by atoms with E-state index in [2.05, 4.69) is 14.9 Å². The van der Waals surface area contributed by atoms with E-state index in [1.165, 1.54) is 18.4 Å². The summed E-state index contributed by atoms with van der Waals surface area (Å²) in [4.78, 5) is 11.6. The highest BCUT2D eigenvalue weighted by molar-refractivity contribution is 8.00. The molecule has 4 rings (SSSR count). The molecule has 2 aromatic heterocycles. The zero-order valence-electron chi connectivity index (χ0n) is 14.9. The summed E-state index contributed by atoms with van der Waals surface area (Å²) in [6.45, 7) is 3.26. The number of aromatic nitrogens is 3. The molecule has 0 saturated carbocycles. The molecule has 0 bridgehead atoms. The fourth-order valence-electron chi connectivity index (χ4n) is 3.47. The molecule has 3 heterocycles. The predicted molar refractivity (Wildman–Crippen MR) is 104 cm³/mol. The van der Waals surface area contributed by atoms with Crippen LogP contribution < -0.4 is 0 Å². The van der Waals surface area contributed by atoms with E-state index in [-0.39, 0.29) is 5.82 Å². The molecule has 3 aromatic rings. The van der Waals surface area contributed by atoms with E-state index < -0.39 is 0 Å². The van der Waals surface area contributed by atoms with Crippen molar-refractivity contribution in [2.24, 2.45) is 7.05 Å². The Labute approximate surface area is 157 Å². The molecule has 0 amide bonds. The van der Waals surface area contributed by atoms with Gasteiger partial charge in [0.1, 0.15) is 16.4 Å². The molecular weight excluding hydrogens is 347 g/mol. The standard InChI is InChI=1S/C20H23FN4S/c1-24-14-23-19-18(24)6-10-22-20(19)26-17-8-12-25(13-9-17)11-7-15-2-4-16(21)5-3-15/h2-6,10,14,17H,7-9,11-13H2,1H3. The molecular formula is C20H23FN4S. The fraction of sp³-hybridized carbons (Fsp3) is 0.400. The zero-order valence-corrected chi connectivity index (χ0v) is 15.8. The molecule has 1 fully saturated rings. The first-order valence-electron chi connectivity index (χ1n) is 9.08. The van der Waals surface area contributed by atoms with Gasteiger partial charge in [0.25, 0.3) is 0 Å². The van der Waals surface area contributed by atoms with Gasteiger partial charge in [-0.1, -0.05) is 12.1 Å². The quantitative estimate of drug-likeness (QED) is 0.682. The monoisotopic (exact) mass is 370 g/mol. The number of thioether (sulfide) groups is 1. The molecule has 26 heavy (non-hydrogen) atoms. The summed E-state index contributed by atoms with van der Waals surface area (Å²) in [5.41, 5.74) is 3.35. The van der Waals surface area contributed by atoms with E-state index >= 15 is 0 Å². The summed E-state index contributed by atoms with van der Waals surface area (Å²) >= 11 is 1.87. The molecule has 0 atom stereocenters. The van der Waals surface area contributed by atoms with Crippen LogP contribution in [-0.2, 0) is 13.5 Å². The zero-order chi connectivity index (χ0) is 17.9. The smallest absolute Gasteiger partial charge is 0.124 e. The highest BCUT2D eigenvalue weighted by Gasteiger charge is 2.21. The molecule has 1 aliphatic heterocycles. The number of benzene rings is 1. The van der Waals surface area contributed by atoms with Crippen LogP contribution in [0.5, 0.6) is 0 Å². The van der Waals surface area contributed by atoms with Crippen molar-refractivity contribution in [3.63, 3.8) is 0 Å². The highest BCUT2D eigenvalue weighted by atomic mass is 32.2. The first kappa shape index (κ1) is 17.5. The molecule has 0 unspecified atom stereocenters. The van der Waals surface area contributed by atoms with Crippen LogP contribution in [-0.4, -0.2) is 44.3 Å². The van der Waals surface area contributed by atoms with Crippen molar-refractivity contribution in [1.29, 1.82) is 0 Å². The van der Waals surface area contributed by atoms with Crippen LogP contribution in [0, 0.1) is 5.82 Å². The summed E-state index contributed by atoms with van der Waals surface area (Å²) in [5.74, 6) is -0.164.